The summed E-state index contributed by atoms with van der Waals surface area (Å²) in [6.07, 6.45) is -0.165. The van der Waals surface area contributed by atoms with Gasteiger partial charge >= 0.3 is 0 Å². The second-order valence-electron chi connectivity index (χ2n) is 3.62. The molecule has 0 N–H and O–H groups in total. The third-order valence-corrected chi connectivity index (χ3v) is 2.93. The van der Waals surface area contributed by atoms with Crippen LogP contribution in [0.15, 0.2) is 0 Å². The Bertz CT molecular complexity index is 191. The number of rotatable bonds is 1. The van der Waals surface area contributed by atoms with Crippen LogP contribution in [0, 0.1) is 0 Å². The zero-order chi connectivity index (χ0) is 9.47. The van der Waals surface area contributed by atoms with Crippen molar-refractivity contribution in [1.29, 1.82) is 0 Å². The molecule has 0 saturated carbocycles. The molecule has 0 aromatic carbocycles. The summed E-state index contributed by atoms with van der Waals surface area (Å²) in [5, 5.41) is 0. The van der Waals surface area contributed by atoms with E-state index >= 15 is 0 Å². The molecule has 0 bridgehead atoms. The summed E-state index contributed by atoms with van der Waals surface area (Å²) in [5.41, 5.74) is -1.34. The van der Waals surface area contributed by atoms with Gasteiger partial charge in [-0.05, 0) is 18.7 Å². The normalized spacial score (nSPS) is 39.9. The Morgan fingerprint density at radius 3 is 2.38 bits per heavy atom. The maximum atomic E-state index is 14.0. The molecule has 2 aliphatic rings. The van der Waals surface area contributed by atoms with Gasteiger partial charge in [0, 0.05) is 25.9 Å². The van der Waals surface area contributed by atoms with Gasteiger partial charge in [-0.15, -0.1) is 0 Å². The van der Waals surface area contributed by atoms with Gasteiger partial charge in [0.2, 0.25) is 0 Å². The second-order valence-corrected chi connectivity index (χ2v) is 4.09. The number of ether oxygens (including phenoxy) is 2. The lowest BCUT2D eigenvalue weighted by Gasteiger charge is -2.45. The Morgan fingerprint density at radius 1 is 1.38 bits per heavy atom. The first-order valence-corrected chi connectivity index (χ1v) is 4.84. The van der Waals surface area contributed by atoms with Gasteiger partial charge in [0.1, 0.15) is 0 Å². The zero-order valence-corrected chi connectivity index (χ0v) is 8.26. The molecule has 0 aliphatic carbocycles. The van der Waals surface area contributed by atoms with E-state index in [9.17, 15) is 4.39 Å². The van der Waals surface area contributed by atoms with Crippen LogP contribution in [-0.2, 0) is 9.47 Å². The molecule has 0 aromatic heterocycles. The highest BCUT2D eigenvalue weighted by Crippen LogP contribution is 2.37. The summed E-state index contributed by atoms with van der Waals surface area (Å²) in [5.74, 6) is 0. The maximum Gasteiger partial charge on any atom is 0.197 e. The number of nitrogens with zero attached hydrogens (tertiary/aromatic N) is 1. The smallest absolute Gasteiger partial charge is 0.197 e. The SMILES string of the molecule is CC1OC(C2(F)CCN(Cl)CC2)O1. The van der Waals surface area contributed by atoms with E-state index in [1.807, 2.05) is 0 Å². The first-order chi connectivity index (χ1) is 6.10. The molecule has 2 fully saturated rings. The van der Waals surface area contributed by atoms with Crippen LogP contribution in [0.1, 0.15) is 19.8 Å². The first kappa shape index (κ1) is 9.65. The number of halogens is 2. The Morgan fingerprint density at radius 2 is 1.92 bits per heavy atom. The second kappa shape index (κ2) is 3.35. The van der Waals surface area contributed by atoms with Gasteiger partial charge < -0.3 is 9.47 Å². The van der Waals surface area contributed by atoms with Crippen LogP contribution >= 0.6 is 11.8 Å². The van der Waals surface area contributed by atoms with Gasteiger partial charge in [0.25, 0.3) is 0 Å². The summed E-state index contributed by atoms with van der Waals surface area (Å²) < 4.78 is 25.9. The molecular formula is C8H13ClFNO2. The highest BCUT2D eigenvalue weighted by Gasteiger charge is 2.49. The molecule has 2 rings (SSSR count). The van der Waals surface area contributed by atoms with Crippen LogP contribution in [0.4, 0.5) is 4.39 Å². The standard InChI is InChI=1S/C8H13ClFNO2/c1-6-12-7(13-6)8(10)2-4-11(9)5-3-8/h6-7H,2-5H2,1H3. The lowest BCUT2D eigenvalue weighted by Crippen LogP contribution is -2.56. The van der Waals surface area contributed by atoms with E-state index in [2.05, 4.69) is 0 Å². The minimum atomic E-state index is -1.34. The molecule has 3 nitrogen and oxygen atoms in total. The predicted octanol–water partition coefficient (Wildman–Crippen LogP) is 1.66. The fourth-order valence-corrected chi connectivity index (χ4v) is 1.86. The lowest BCUT2D eigenvalue weighted by atomic mass is 9.93. The summed E-state index contributed by atoms with van der Waals surface area (Å²) in [7, 11) is 0. The monoisotopic (exact) mass is 209 g/mol. The molecule has 13 heavy (non-hydrogen) atoms. The molecule has 0 atom stereocenters. The lowest BCUT2D eigenvalue weighted by molar-refractivity contribution is -0.412. The van der Waals surface area contributed by atoms with E-state index in [-0.39, 0.29) is 6.29 Å². The fraction of sp³-hybridized carbons (Fsp3) is 1.00. The molecule has 2 heterocycles. The van der Waals surface area contributed by atoms with Crippen LogP contribution in [0.5, 0.6) is 0 Å². The average molecular weight is 210 g/mol. The molecule has 0 spiro atoms. The molecule has 0 radical (unpaired) electrons. The van der Waals surface area contributed by atoms with E-state index in [0.29, 0.717) is 25.9 Å². The molecule has 0 amide bonds. The molecule has 0 unspecified atom stereocenters. The van der Waals surface area contributed by atoms with E-state index in [1.165, 1.54) is 0 Å². The minimum absolute atomic E-state index is 0.258. The highest BCUT2D eigenvalue weighted by molar-refractivity contribution is 6.13. The minimum Gasteiger partial charge on any atom is -0.321 e. The molecule has 0 aromatic rings. The Labute approximate surface area is 81.8 Å². The van der Waals surface area contributed by atoms with Crippen LogP contribution in [-0.4, -0.2) is 35.8 Å². The van der Waals surface area contributed by atoms with Gasteiger partial charge in [-0.2, -0.15) is 0 Å². The van der Waals surface area contributed by atoms with Crippen LogP contribution in [0.3, 0.4) is 0 Å². The number of alkyl halides is 1. The first-order valence-electron chi connectivity index (χ1n) is 4.51. The van der Waals surface area contributed by atoms with Crippen molar-refractivity contribution in [3.8, 4) is 0 Å². The van der Waals surface area contributed by atoms with Crippen molar-refractivity contribution in [2.75, 3.05) is 13.1 Å². The largest absolute Gasteiger partial charge is 0.321 e. The van der Waals surface area contributed by atoms with Crippen molar-refractivity contribution in [3.05, 3.63) is 0 Å². The van der Waals surface area contributed by atoms with Crippen molar-refractivity contribution in [2.24, 2.45) is 0 Å². The fourth-order valence-electron chi connectivity index (χ4n) is 1.69. The van der Waals surface area contributed by atoms with Crippen molar-refractivity contribution in [2.45, 2.75) is 38.0 Å². The van der Waals surface area contributed by atoms with Crippen LogP contribution < -0.4 is 0 Å². The van der Waals surface area contributed by atoms with Crippen molar-refractivity contribution in [3.63, 3.8) is 0 Å². The van der Waals surface area contributed by atoms with Crippen molar-refractivity contribution in [1.82, 2.24) is 4.42 Å². The number of piperidine rings is 1. The highest BCUT2D eigenvalue weighted by atomic mass is 35.5. The van der Waals surface area contributed by atoms with Gasteiger partial charge in [0.15, 0.2) is 18.2 Å². The number of hydrogen-bond donors (Lipinski definition) is 0. The van der Waals surface area contributed by atoms with Crippen molar-refractivity contribution < 1.29 is 13.9 Å². The third kappa shape index (κ3) is 1.81. The molecule has 76 valence electrons. The molecule has 5 heteroatoms. The average Bonchev–Trinajstić information content (AvgIpc) is 2.05. The van der Waals surface area contributed by atoms with Gasteiger partial charge in [-0.25, -0.2) is 8.81 Å². The van der Waals surface area contributed by atoms with E-state index < -0.39 is 12.0 Å². The summed E-state index contributed by atoms with van der Waals surface area (Å²) >= 11 is 5.72. The molecular weight excluding hydrogens is 197 g/mol. The summed E-state index contributed by atoms with van der Waals surface area (Å²) in [4.78, 5) is 0. The Kier molecular flexibility index (Phi) is 2.49. The van der Waals surface area contributed by atoms with E-state index in [0.717, 1.165) is 0 Å². The quantitative estimate of drug-likeness (QED) is 0.614. The molecule has 2 saturated heterocycles. The topological polar surface area (TPSA) is 21.7 Å². The Hall–Kier alpha value is 0.1000. The van der Waals surface area contributed by atoms with Crippen LogP contribution in [0.25, 0.3) is 0 Å². The van der Waals surface area contributed by atoms with Crippen molar-refractivity contribution >= 4 is 11.8 Å². The summed E-state index contributed by atoms with van der Waals surface area (Å²) in [6.45, 7) is 2.86. The molecule has 2 aliphatic heterocycles. The van der Waals surface area contributed by atoms with Gasteiger partial charge in [0.05, 0.1) is 0 Å². The summed E-state index contributed by atoms with van der Waals surface area (Å²) in [6, 6.07) is 0. The maximum absolute atomic E-state index is 14.0. The van der Waals surface area contributed by atoms with Gasteiger partial charge in [-0.1, -0.05) is 0 Å². The Balaban J connectivity index is 1.90. The third-order valence-electron chi connectivity index (χ3n) is 2.59. The van der Waals surface area contributed by atoms with Crippen LogP contribution in [0.2, 0.25) is 0 Å². The number of hydrogen-bond acceptors (Lipinski definition) is 3. The van der Waals surface area contributed by atoms with E-state index in [4.69, 9.17) is 21.3 Å². The van der Waals surface area contributed by atoms with E-state index in [1.54, 1.807) is 11.3 Å². The zero-order valence-electron chi connectivity index (χ0n) is 7.50. The van der Waals surface area contributed by atoms with Gasteiger partial charge in [-0.3, -0.25) is 0 Å². The predicted molar refractivity (Wildman–Crippen MR) is 45.9 cm³/mol.